The van der Waals surface area contributed by atoms with Gasteiger partial charge in [0.1, 0.15) is 0 Å². The Morgan fingerprint density at radius 2 is 2.00 bits per heavy atom. The molecule has 0 aromatic carbocycles. The number of rotatable bonds is 5. The van der Waals surface area contributed by atoms with Crippen LogP contribution in [0, 0.1) is 19.8 Å². The van der Waals surface area contributed by atoms with Gasteiger partial charge in [-0.15, -0.1) is 0 Å². The van der Waals surface area contributed by atoms with E-state index >= 15 is 0 Å². The Morgan fingerprint density at radius 1 is 1.36 bits per heavy atom. The minimum Gasteiger partial charge on any atom is -0.381 e. The lowest BCUT2D eigenvalue weighted by Gasteiger charge is -2.28. The van der Waals surface area contributed by atoms with Crippen LogP contribution in [0.2, 0.25) is 0 Å². The molecule has 0 bridgehead atoms. The lowest BCUT2D eigenvalue weighted by Crippen LogP contribution is -2.36. The van der Waals surface area contributed by atoms with Crippen LogP contribution in [0.4, 0.5) is 0 Å². The second-order valence-corrected chi connectivity index (χ2v) is 6.34. The van der Waals surface area contributed by atoms with Gasteiger partial charge in [0.25, 0.3) is 0 Å². The molecule has 2 rings (SSSR count). The molecule has 1 atom stereocenters. The fourth-order valence-electron chi connectivity index (χ4n) is 3.61. The van der Waals surface area contributed by atoms with Crippen molar-refractivity contribution < 1.29 is 9.53 Å². The number of aromatic nitrogens is 2. The van der Waals surface area contributed by atoms with Crippen LogP contribution in [0.1, 0.15) is 62.5 Å². The number of amides is 1. The average Bonchev–Trinajstić information content (AvgIpc) is 2.81. The Hall–Kier alpha value is -1.36. The van der Waals surface area contributed by atoms with Crippen LogP contribution in [0.5, 0.6) is 0 Å². The molecule has 0 unspecified atom stereocenters. The topological polar surface area (TPSA) is 56.2 Å². The number of nitrogens with zero attached hydrogens (tertiary/aromatic N) is 2. The van der Waals surface area contributed by atoms with E-state index in [1.807, 2.05) is 11.6 Å². The summed E-state index contributed by atoms with van der Waals surface area (Å²) in [6.07, 6.45) is 4.13. The molecule has 1 aliphatic carbocycles. The summed E-state index contributed by atoms with van der Waals surface area (Å²) < 4.78 is 7.37. The predicted octanol–water partition coefficient (Wildman–Crippen LogP) is 2.90. The molecule has 5 nitrogen and oxygen atoms in total. The van der Waals surface area contributed by atoms with Crippen LogP contribution in [0.25, 0.3) is 0 Å². The standard InChI is InChI=1S/C17H29N3O2/c1-6-20-13(4)16(12(3)19-20)11(2)18-17(21)14-7-9-15(22-5)10-8-14/h11,14-15H,6-10H2,1-5H3,(H,18,21)/t11-,14?,15?/m1/s1. The highest BCUT2D eigenvalue weighted by Crippen LogP contribution is 2.27. The Labute approximate surface area is 133 Å². The van der Waals surface area contributed by atoms with Crippen molar-refractivity contribution in [1.29, 1.82) is 0 Å². The van der Waals surface area contributed by atoms with E-state index in [2.05, 4.69) is 31.2 Å². The van der Waals surface area contributed by atoms with Crippen molar-refractivity contribution in [3.8, 4) is 0 Å². The van der Waals surface area contributed by atoms with Gasteiger partial charge in [0.05, 0.1) is 17.8 Å². The predicted molar refractivity (Wildman–Crippen MR) is 86.7 cm³/mol. The maximum atomic E-state index is 12.5. The molecule has 1 heterocycles. The molecule has 1 amide bonds. The third-order valence-corrected chi connectivity index (χ3v) is 4.91. The van der Waals surface area contributed by atoms with Crippen LogP contribution in [-0.2, 0) is 16.1 Å². The highest BCUT2D eigenvalue weighted by molar-refractivity contribution is 5.79. The zero-order chi connectivity index (χ0) is 16.3. The quantitative estimate of drug-likeness (QED) is 0.910. The van der Waals surface area contributed by atoms with E-state index in [0.717, 1.165) is 49.2 Å². The van der Waals surface area contributed by atoms with Crippen LogP contribution >= 0.6 is 0 Å². The van der Waals surface area contributed by atoms with Gasteiger partial charge in [0.2, 0.25) is 5.91 Å². The third kappa shape index (κ3) is 3.51. The van der Waals surface area contributed by atoms with Crippen LogP contribution in [0.15, 0.2) is 0 Å². The summed E-state index contributed by atoms with van der Waals surface area (Å²) in [4.78, 5) is 12.5. The molecule has 22 heavy (non-hydrogen) atoms. The minimum atomic E-state index is 0.00736. The summed E-state index contributed by atoms with van der Waals surface area (Å²) in [6.45, 7) is 9.08. The number of nitrogens with one attached hydrogen (secondary N) is 1. The van der Waals surface area contributed by atoms with E-state index < -0.39 is 0 Å². The van der Waals surface area contributed by atoms with E-state index in [-0.39, 0.29) is 17.9 Å². The zero-order valence-corrected chi connectivity index (χ0v) is 14.5. The van der Waals surface area contributed by atoms with E-state index in [1.54, 1.807) is 7.11 Å². The molecule has 0 saturated heterocycles. The molecule has 124 valence electrons. The van der Waals surface area contributed by atoms with Gasteiger partial charge < -0.3 is 10.1 Å². The largest absolute Gasteiger partial charge is 0.381 e. The second-order valence-electron chi connectivity index (χ2n) is 6.34. The molecule has 0 aliphatic heterocycles. The Morgan fingerprint density at radius 3 is 2.50 bits per heavy atom. The number of ether oxygens (including phenoxy) is 1. The van der Waals surface area contributed by atoms with E-state index in [1.165, 1.54) is 0 Å². The first-order valence-electron chi connectivity index (χ1n) is 8.34. The van der Waals surface area contributed by atoms with Gasteiger partial charge in [-0.2, -0.15) is 5.10 Å². The molecule has 5 heteroatoms. The van der Waals surface area contributed by atoms with Gasteiger partial charge in [-0.1, -0.05) is 0 Å². The molecule has 1 fully saturated rings. The summed E-state index contributed by atoms with van der Waals surface area (Å²) in [5, 5.41) is 7.72. The van der Waals surface area contributed by atoms with Gasteiger partial charge in [0.15, 0.2) is 0 Å². The average molecular weight is 307 g/mol. The summed E-state index contributed by atoms with van der Waals surface area (Å²) in [7, 11) is 1.75. The molecule has 0 spiro atoms. The number of hydrogen-bond acceptors (Lipinski definition) is 3. The number of aryl methyl sites for hydroxylation is 2. The summed E-state index contributed by atoms with van der Waals surface area (Å²) in [5.41, 5.74) is 3.31. The van der Waals surface area contributed by atoms with Gasteiger partial charge in [-0.3, -0.25) is 9.48 Å². The lowest BCUT2D eigenvalue weighted by atomic mass is 9.86. The molecule has 1 aromatic heterocycles. The molecule has 1 N–H and O–H groups in total. The van der Waals surface area contributed by atoms with Crippen LogP contribution < -0.4 is 5.32 Å². The lowest BCUT2D eigenvalue weighted by molar-refractivity contribution is -0.127. The molecular formula is C17H29N3O2. The molecule has 1 aromatic rings. The monoisotopic (exact) mass is 307 g/mol. The van der Waals surface area contributed by atoms with Crippen LogP contribution in [0.3, 0.4) is 0 Å². The number of methoxy groups -OCH3 is 1. The minimum absolute atomic E-state index is 0.00736. The maximum Gasteiger partial charge on any atom is 0.223 e. The van der Waals surface area contributed by atoms with Crippen molar-refractivity contribution in [1.82, 2.24) is 15.1 Å². The zero-order valence-electron chi connectivity index (χ0n) is 14.5. The van der Waals surface area contributed by atoms with E-state index in [9.17, 15) is 4.79 Å². The Balaban J connectivity index is 1.99. The first-order chi connectivity index (χ1) is 10.5. The smallest absolute Gasteiger partial charge is 0.223 e. The summed E-state index contributed by atoms with van der Waals surface area (Å²) in [6, 6.07) is 0.00736. The third-order valence-electron chi connectivity index (χ3n) is 4.91. The van der Waals surface area contributed by atoms with Crippen molar-refractivity contribution in [3.63, 3.8) is 0 Å². The number of hydrogen-bond donors (Lipinski definition) is 1. The molecule has 1 saturated carbocycles. The molecular weight excluding hydrogens is 278 g/mol. The van der Waals surface area contributed by atoms with Gasteiger partial charge in [-0.25, -0.2) is 0 Å². The Bertz CT molecular complexity index is 516. The summed E-state index contributed by atoms with van der Waals surface area (Å²) in [5.74, 6) is 0.292. The van der Waals surface area contributed by atoms with Gasteiger partial charge >= 0.3 is 0 Å². The fourth-order valence-corrected chi connectivity index (χ4v) is 3.61. The first kappa shape index (κ1) is 17.0. The normalized spacial score (nSPS) is 23.3. The van der Waals surface area contributed by atoms with Crippen molar-refractivity contribution in [2.45, 2.75) is 72.1 Å². The fraction of sp³-hybridized carbons (Fsp3) is 0.765. The van der Waals surface area contributed by atoms with Crippen molar-refractivity contribution in [2.75, 3.05) is 7.11 Å². The van der Waals surface area contributed by atoms with Crippen molar-refractivity contribution in [2.24, 2.45) is 5.92 Å². The van der Waals surface area contributed by atoms with Crippen molar-refractivity contribution in [3.05, 3.63) is 17.0 Å². The van der Waals surface area contributed by atoms with E-state index in [4.69, 9.17) is 4.74 Å². The van der Waals surface area contributed by atoms with Crippen molar-refractivity contribution >= 4 is 5.91 Å². The number of carbonyl (C=O) groups excluding carboxylic acids is 1. The maximum absolute atomic E-state index is 12.5. The molecule has 1 aliphatic rings. The highest BCUT2D eigenvalue weighted by Gasteiger charge is 2.28. The highest BCUT2D eigenvalue weighted by atomic mass is 16.5. The van der Waals surface area contributed by atoms with Gasteiger partial charge in [-0.05, 0) is 53.4 Å². The SMILES string of the molecule is CCn1nc(C)c([C@@H](C)NC(=O)C2CCC(OC)CC2)c1C. The Kier molecular flexibility index (Phi) is 5.62. The molecule has 0 radical (unpaired) electrons. The van der Waals surface area contributed by atoms with E-state index in [0.29, 0.717) is 6.10 Å². The van der Waals surface area contributed by atoms with Crippen LogP contribution in [-0.4, -0.2) is 28.9 Å². The second kappa shape index (κ2) is 7.27. The first-order valence-corrected chi connectivity index (χ1v) is 8.34. The van der Waals surface area contributed by atoms with Gasteiger partial charge in [0, 0.05) is 30.8 Å². The number of carbonyl (C=O) groups is 1. The summed E-state index contributed by atoms with van der Waals surface area (Å²) >= 11 is 0.